The molecule has 5 atom stereocenters. The lowest BCUT2D eigenvalue weighted by Crippen LogP contribution is -2.49. The molecule has 0 radical (unpaired) electrons. The number of carbonyl (C=O) groups is 1. The van der Waals surface area contributed by atoms with E-state index in [0.717, 1.165) is 55.9 Å². The molecule has 2 bridgehead atoms. The van der Waals surface area contributed by atoms with Crippen LogP contribution in [0, 0.1) is 11.8 Å². The number of benzene rings is 2. The van der Waals surface area contributed by atoms with E-state index in [1.165, 1.54) is 11.1 Å². The van der Waals surface area contributed by atoms with Crippen LogP contribution in [0.15, 0.2) is 48.6 Å². The van der Waals surface area contributed by atoms with Crippen LogP contribution in [0.4, 0.5) is 5.69 Å². The summed E-state index contributed by atoms with van der Waals surface area (Å²) < 4.78 is 53.7. The maximum atomic E-state index is 13.5. The molecule has 11 heteroatoms. The first-order valence-electron chi connectivity index (χ1n) is 17.6. The summed E-state index contributed by atoms with van der Waals surface area (Å²) in [6.45, 7) is 5.60. The van der Waals surface area contributed by atoms with Gasteiger partial charge in [0.25, 0.3) is 5.91 Å². The maximum absolute atomic E-state index is 13.5. The largest absolute Gasteiger partial charge is 0.490 e. The quantitative estimate of drug-likeness (QED) is 0.370. The number of hydrogen-bond donors (Lipinski definition) is 1. The summed E-state index contributed by atoms with van der Waals surface area (Å²) in [7, 11) is -3.89. The van der Waals surface area contributed by atoms with Gasteiger partial charge in [0.05, 0.1) is 43.5 Å². The fourth-order valence-corrected chi connectivity index (χ4v) is 9.97. The van der Waals surface area contributed by atoms with Crippen LogP contribution >= 0.6 is 11.6 Å². The number of aryl methyl sites for hydroxylation is 1. The minimum absolute atomic E-state index is 0.102. The van der Waals surface area contributed by atoms with Crippen molar-refractivity contribution in [3.63, 3.8) is 0 Å². The molecular weight excluding hydrogens is 652 g/mol. The molecule has 3 heterocycles. The minimum Gasteiger partial charge on any atom is -0.490 e. The smallest absolute Gasteiger partial charge is 0.264 e. The van der Waals surface area contributed by atoms with Crippen molar-refractivity contribution in [2.45, 2.75) is 87.8 Å². The number of amides is 1. The fraction of sp³-hybridized carbons (Fsp3) is 0.595. The monoisotopic (exact) mass is 698 g/mol. The molecule has 7 rings (SSSR count). The van der Waals surface area contributed by atoms with E-state index in [9.17, 15) is 13.2 Å². The molecule has 1 saturated carbocycles. The number of fused-ring (bicyclic) bond motifs is 4. The molecule has 2 aromatic carbocycles. The van der Waals surface area contributed by atoms with Crippen LogP contribution in [0.1, 0.15) is 79.8 Å². The second-order valence-corrected chi connectivity index (χ2v) is 16.5. The van der Waals surface area contributed by atoms with Gasteiger partial charge in [0, 0.05) is 35.5 Å². The van der Waals surface area contributed by atoms with Crippen LogP contribution in [0.3, 0.4) is 0 Å². The summed E-state index contributed by atoms with van der Waals surface area (Å²) in [5.74, 6) is 0.766. The van der Waals surface area contributed by atoms with Crippen LogP contribution in [0.2, 0.25) is 5.02 Å². The third kappa shape index (κ3) is 7.01. The number of ether oxygens (including phenoxy) is 4. The highest BCUT2D eigenvalue weighted by atomic mass is 35.5. The van der Waals surface area contributed by atoms with Gasteiger partial charge in [-0.1, -0.05) is 36.7 Å². The normalized spacial score (nSPS) is 31.1. The first kappa shape index (κ1) is 33.8. The van der Waals surface area contributed by atoms with Crippen molar-refractivity contribution in [1.82, 2.24) is 4.72 Å². The molecule has 1 spiro atoms. The van der Waals surface area contributed by atoms with Crippen LogP contribution in [-0.4, -0.2) is 71.5 Å². The van der Waals surface area contributed by atoms with E-state index in [4.69, 9.17) is 30.5 Å². The molecule has 2 aliphatic carbocycles. The average molecular weight is 699 g/mol. The standard InChI is InChI=1S/C37H47ClN2O7S/c1-2-29-7-3-4-8-33(44-17-15-35-45-18-19-46-35)30-12-9-27(30)22-40-23-37(16-5-6-25-20-28(38)11-13-31(25)37)24-47-34-14-10-26(21-32(34)40)36(41)39-48(29,42)43/h4,8,10-11,13-14,20-21,27,29-30,33,35H,2-3,5-7,9,12,15-19,22-24H2,1H3,(H,39,41)/b8-4+/t27-,29+,30+,33-,37-/m0/s1. The van der Waals surface area contributed by atoms with Gasteiger partial charge in [-0.25, -0.2) is 13.1 Å². The summed E-state index contributed by atoms with van der Waals surface area (Å²) in [4.78, 5) is 15.9. The Morgan fingerprint density at radius 3 is 2.75 bits per heavy atom. The third-order valence-electron chi connectivity index (χ3n) is 11.1. The predicted molar refractivity (Wildman–Crippen MR) is 185 cm³/mol. The summed E-state index contributed by atoms with van der Waals surface area (Å²) in [5, 5.41) is 0.0545. The molecule has 1 amide bonds. The predicted octanol–water partition coefficient (Wildman–Crippen LogP) is 6.18. The van der Waals surface area contributed by atoms with Crippen molar-refractivity contribution < 1.29 is 32.2 Å². The van der Waals surface area contributed by atoms with Gasteiger partial charge in [-0.05, 0) is 105 Å². The Labute approximate surface area is 289 Å². The Hall–Kier alpha value is -2.63. The highest BCUT2D eigenvalue weighted by Crippen LogP contribution is 2.47. The number of halogens is 1. The number of nitrogens with one attached hydrogen (secondary N) is 1. The van der Waals surface area contributed by atoms with Crippen LogP contribution in [-0.2, 0) is 36.1 Å². The van der Waals surface area contributed by atoms with E-state index in [-0.39, 0.29) is 17.8 Å². The van der Waals surface area contributed by atoms with E-state index in [2.05, 4.69) is 33.9 Å². The van der Waals surface area contributed by atoms with Crippen LogP contribution < -0.4 is 14.4 Å². The lowest BCUT2D eigenvalue weighted by molar-refractivity contribution is -0.0789. The average Bonchev–Trinajstić information content (AvgIpc) is 3.52. The first-order valence-corrected chi connectivity index (χ1v) is 19.6. The molecule has 5 aliphatic rings. The Bertz CT molecular complexity index is 1630. The topological polar surface area (TPSA) is 103 Å². The highest BCUT2D eigenvalue weighted by Gasteiger charge is 2.44. The molecule has 3 aliphatic heterocycles. The van der Waals surface area contributed by atoms with Crippen molar-refractivity contribution in [3.8, 4) is 5.75 Å². The molecular formula is C37H47ClN2O7S. The van der Waals surface area contributed by atoms with Crippen LogP contribution in [0.5, 0.6) is 5.75 Å². The number of anilines is 1. The fourth-order valence-electron chi connectivity index (χ4n) is 8.35. The van der Waals surface area contributed by atoms with E-state index in [1.54, 1.807) is 6.07 Å². The van der Waals surface area contributed by atoms with Gasteiger partial charge in [-0.2, -0.15) is 0 Å². The van der Waals surface area contributed by atoms with Crippen molar-refractivity contribution in [2.24, 2.45) is 11.8 Å². The molecule has 0 aromatic heterocycles. The highest BCUT2D eigenvalue weighted by molar-refractivity contribution is 7.90. The molecule has 9 nitrogen and oxygen atoms in total. The number of allylic oxidation sites excluding steroid dienone is 1. The number of nitrogens with zero attached hydrogens (tertiary/aromatic N) is 1. The van der Waals surface area contributed by atoms with Gasteiger partial charge in [0.2, 0.25) is 10.0 Å². The molecule has 2 fully saturated rings. The Kier molecular flexibility index (Phi) is 10.1. The van der Waals surface area contributed by atoms with Crippen molar-refractivity contribution in [1.29, 1.82) is 0 Å². The minimum atomic E-state index is -3.89. The van der Waals surface area contributed by atoms with Gasteiger partial charge in [0.1, 0.15) is 5.75 Å². The van der Waals surface area contributed by atoms with Crippen molar-refractivity contribution in [2.75, 3.05) is 44.4 Å². The van der Waals surface area contributed by atoms with Crippen molar-refractivity contribution in [3.05, 3.63) is 70.3 Å². The van der Waals surface area contributed by atoms with E-state index in [0.29, 0.717) is 75.3 Å². The molecule has 260 valence electrons. The van der Waals surface area contributed by atoms with E-state index in [1.807, 2.05) is 25.1 Å². The number of sulfonamides is 1. The second kappa shape index (κ2) is 14.3. The zero-order chi connectivity index (χ0) is 33.3. The Morgan fingerprint density at radius 2 is 1.96 bits per heavy atom. The van der Waals surface area contributed by atoms with E-state index >= 15 is 0 Å². The molecule has 0 unspecified atom stereocenters. The summed E-state index contributed by atoms with van der Waals surface area (Å²) in [6, 6.07) is 11.6. The van der Waals surface area contributed by atoms with Gasteiger partial charge in [-0.15, -0.1) is 0 Å². The lowest BCUT2D eigenvalue weighted by atomic mass is 9.68. The summed E-state index contributed by atoms with van der Waals surface area (Å²) >= 11 is 6.45. The van der Waals surface area contributed by atoms with Gasteiger partial charge >= 0.3 is 0 Å². The SMILES string of the molecule is CC[C@@H]1CC/C=C/[C@H](OCCC2OCCO2)[C@@H]2CC[C@H]2CN2C[C@@]3(CCCc4cc(Cl)ccc43)COc3ccc(cc32)C(=O)NS1(=O)=O. The van der Waals surface area contributed by atoms with Crippen molar-refractivity contribution >= 4 is 33.2 Å². The molecule has 48 heavy (non-hydrogen) atoms. The lowest BCUT2D eigenvalue weighted by Gasteiger charge is -2.46. The Morgan fingerprint density at radius 1 is 1.10 bits per heavy atom. The number of hydrogen-bond acceptors (Lipinski definition) is 8. The van der Waals surface area contributed by atoms with Gasteiger partial charge in [0.15, 0.2) is 6.29 Å². The molecule has 1 N–H and O–H groups in total. The Balaban J connectivity index is 1.24. The zero-order valence-electron chi connectivity index (χ0n) is 27.7. The second-order valence-electron chi connectivity index (χ2n) is 14.1. The van der Waals surface area contributed by atoms with Gasteiger partial charge < -0.3 is 23.8 Å². The van der Waals surface area contributed by atoms with Gasteiger partial charge in [-0.3, -0.25) is 4.79 Å². The van der Waals surface area contributed by atoms with E-state index < -0.39 is 21.2 Å². The maximum Gasteiger partial charge on any atom is 0.264 e. The third-order valence-corrected chi connectivity index (χ3v) is 13.3. The summed E-state index contributed by atoms with van der Waals surface area (Å²) in [5.41, 5.74) is 3.42. The molecule has 1 saturated heterocycles. The number of rotatable bonds is 5. The molecule has 2 aromatic rings. The van der Waals surface area contributed by atoms with Crippen LogP contribution in [0.25, 0.3) is 0 Å². The summed E-state index contributed by atoms with van der Waals surface area (Å²) in [6.07, 6.45) is 11.1. The number of carbonyl (C=O) groups excluding carboxylic acids is 1. The first-order chi connectivity index (χ1) is 23.2. The zero-order valence-corrected chi connectivity index (χ0v) is 29.3.